The van der Waals surface area contributed by atoms with Crippen LogP contribution in [-0.2, 0) is 21.1 Å². The third kappa shape index (κ3) is 4.56. The lowest BCUT2D eigenvalue weighted by molar-refractivity contribution is 0.313. The highest BCUT2D eigenvalue weighted by molar-refractivity contribution is 7.91. The Kier molecular flexibility index (Phi) is 6.46. The number of nitrogens with one attached hydrogen (secondary N) is 1. The summed E-state index contributed by atoms with van der Waals surface area (Å²) in [6.07, 6.45) is 5.42. The van der Waals surface area contributed by atoms with Crippen molar-refractivity contribution in [1.29, 1.82) is 0 Å². The van der Waals surface area contributed by atoms with Gasteiger partial charge in [-0.2, -0.15) is 4.98 Å². The van der Waals surface area contributed by atoms with Gasteiger partial charge in [0.2, 0.25) is 5.95 Å². The molecule has 0 radical (unpaired) electrons. The third-order valence-electron chi connectivity index (χ3n) is 7.80. The molecule has 0 unspecified atom stereocenters. The Morgan fingerprint density at radius 1 is 1.05 bits per heavy atom. The van der Waals surface area contributed by atoms with Gasteiger partial charge in [-0.1, -0.05) is 12.1 Å². The smallest absolute Gasteiger partial charge is 0.278 e. The van der Waals surface area contributed by atoms with Crippen LogP contribution < -0.4 is 15.8 Å². The van der Waals surface area contributed by atoms with Crippen molar-refractivity contribution in [3.8, 4) is 5.82 Å². The van der Waals surface area contributed by atoms with Gasteiger partial charge < -0.3 is 15.1 Å². The fourth-order valence-corrected chi connectivity index (χ4v) is 6.62. The van der Waals surface area contributed by atoms with Crippen molar-refractivity contribution in [2.45, 2.75) is 24.1 Å². The van der Waals surface area contributed by atoms with Crippen molar-refractivity contribution >= 4 is 38.2 Å². The van der Waals surface area contributed by atoms with Gasteiger partial charge in [-0.25, -0.2) is 27.7 Å². The first-order valence-corrected chi connectivity index (χ1v) is 15.2. The average molecular weight is 561 g/mol. The zero-order chi connectivity index (χ0) is 28.1. The molecule has 40 heavy (non-hydrogen) atoms. The highest BCUT2D eigenvalue weighted by Crippen LogP contribution is 2.51. The summed E-state index contributed by atoms with van der Waals surface area (Å²) in [5.41, 5.74) is 2.54. The van der Waals surface area contributed by atoms with Gasteiger partial charge in [-0.05, 0) is 56.3 Å². The highest BCUT2D eigenvalue weighted by Gasteiger charge is 2.54. The molecule has 208 valence electrons. The van der Waals surface area contributed by atoms with Crippen molar-refractivity contribution in [1.82, 2.24) is 29.2 Å². The largest absolute Gasteiger partial charge is 0.369 e. The van der Waals surface area contributed by atoms with Crippen LogP contribution in [-0.4, -0.2) is 77.1 Å². The van der Waals surface area contributed by atoms with Gasteiger partial charge in [0.05, 0.1) is 12.2 Å². The minimum atomic E-state index is -3.35. The molecule has 3 aromatic heterocycles. The maximum atomic E-state index is 13.3. The Morgan fingerprint density at radius 2 is 1.77 bits per heavy atom. The first-order chi connectivity index (χ1) is 19.2. The van der Waals surface area contributed by atoms with Crippen LogP contribution in [0.1, 0.15) is 18.5 Å². The number of aromatic nitrogens is 5. The van der Waals surface area contributed by atoms with E-state index in [0.29, 0.717) is 41.3 Å². The van der Waals surface area contributed by atoms with Crippen molar-refractivity contribution in [2.24, 2.45) is 0 Å². The number of nitrogens with zero attached hydrogens (tertiary/aromatic N) is 7. The second kappa shape index (κ2) is 9.86. The number of pyridine rings is 1. The molecule has 1 saturated heterocycles. The van der Waals surface area contributed by atoms with E-state index in [2.05, 4.69) is 45.9 Å². The fourth-order valence-electron chi connectivity index (χ4n) is 5.28. The van der Waals surface area contributed by atoms with Gasteiger partial charge in [0.1, 0.15) is 10.1 Å². The van der Waals surface area contributed by atoms with Crippen LogP contribution in [0.15, 0.2) is 66.1 Å². The summed E-state index contributed by atoms with van der Waals surface area (Å²) in [5, 5.41) is 3.57. The normalized spacial score (nSPS) is 17.2. The number of sulfone groups is 1. The standard InChI is InChI=1S/C28H32N8O3S/c1-4-14-35-26(37)22-19-29-27(30-20-8-10-21(11-9-20)34-17-15-33(2)16-18-34)32-25(22)36(35)24-7-5-6-23(31-24)28(12-13-28)40(3,38)39/h4-11,19H,1,12-18H2,2-3H3,(H,29,30,32). The van der Waals surface area contributed by atoms with Crippen LogP contribution >= 0.6 is 0 Å². The number of allylic oxidation sites excluding steroid dienone is 1. The molecule has 2 fully saturated rings. The lowest BCUT2D eigenvalue weighted by atomic mass is 10.2. The predicted octanol–water partition coefficient (Wildman–Crippen LogP) is 2.69. The summed E-state index contributed by atoms with van der Waals surface area (Å²) in [7, 11) is -1.22. The molecule has 0 amide bonds. The molecule has 2 aliphatic rings. The second-order valence-electron chi connectivity index (χ2n) is 10.5. The minimum absolute atomic E-state index is 0.217. The van der Waals surface area contributed by atoms with Gasteiger partial charge in [-0.15, -0.1) is 6.58 Å². The summed E-state index contributed by atoms with van der Waals surface area (Å²) in [4.78, 5) is 31.8. The van der Waals surface area contributed by atoms with Crippen LogP contribution in [0.4, 0.5) is 17.3 Å². The zero-order valence-electron chi connectivity index (χ0n) is 22.6. The summed E-state index contributed by atoms with van der Waals surface area (Å²) in [6.45, 7) is 8.06. The highest BCUT2D eigenvalue weighted by atomic mass is 32.2. The Morgan fingerprint density at radius 3 is 2.42 bits per heavy atom. The van der Waals surface area contributed by atoms with Crippen molar-refractivity contribution in [3.63, 3.8) is 0 Å². The molecule has 1 aliphatic heterocycles. The lowest BCUT2D eigenvalue weighted by Gasteiger charge is -2.34. The molecule has 11 nitrogen and oxygen atoms in total. The van der Waals surface area contributed by atoms with Gasteiger partial charge in [0.15, 0.2) is 21.3 Å². The molecule has 1 N–H and O–H groups in total. The monoisotopic (exact) mass is 560 g/mol. The van der Waals surface area contributed by atoms with Crippen LogP contribution in [0.2, 0.25) is 0 Å². The molecule has 1 saturated carbocycles. The molecular formula is C28H32N8O3S. The Labute approximate surface area is 232 Å². The predicted molar refractivity (Wildman–Crippen MR) is 156 cm³/mol. The molecule has 6 rings (SSSR count). The molecule has 4 aromatic rings. The SMILES string of the molecule is C=CCn1c(=O)c2cnc(Nc3ccc(N4CCN(C)CC4)cc3)nc2n1-c1cccc(C2(S(C)(=O)=O)CC2)n1. The number of anilines is 3. The molecule has 12 heteroatoms. The van der Waals surface area contributed by atoms with E-state index < -0.39 is 14.6 Å². The fraction of sp³-hybridized carbons (Fsp3) is 0.357. The van der Waals surface area contributed by atoms with Crippen LogP contribution in [0, 0.1) is 0 Å². The van der Waals surface area contributed by atoms with Crippen LogP contribution in [0.5, 0.6) is 0 Å². The number of hydrogen-bond donors (Lipinski definition) is 1. The first-order valence-electron chi connectivity index (χ1n) is 13.3. The summed E-state index contributed by atoms with van der Waals surface area (Å²) < 4.78 is 27.2. The molecular weight excluding hydrogens is 528 g/mol. The average Bonchev–Trinajstić information content (AvgIpc) is 3.72. The Balaban J connectivity index is 1.36. The Bertz CT molecular complexity index is 1750. The van der Waals surface area contributed by atoms with Crippen LogP contribution in [0.25, 0.3) is 16.9 Å². The van der Waals surface area contributed by atoms with Gasteiger partial charge >= 0.3 is 0 Å². The summed E-state index contributed by atoms with van der Waals surface area (Å²) >= 11 is 0. The van der Waals surface area contributed by atoms with E-state index in [9.17, 15) is 13.2 Å². The maximum Gasteiger partial charge on any atom is 0.278 e. The van der Waals surface area contributed by atoms with E-state index in [-0.39, 0.29) is 12.1 Å². The molecule has 4 heterocycles. The van der Waals surface area contributed by atoms with Crippen molar-refractivity contribution in [2.75, 3.05) is 49.7 Å². The van der Waals surface area contributed by atoms with E-state index in [1.165, 1.54) is 22.8 Å². The molecule has 1 aromatic carbocycles. The minimum Gasteiger partial charge on any atom is -0.369 e. The number of rotatable bonds is 8. The number of benzene rings is 1. The van der Waals surface area contributed by atoms with Gasteiger partial charge in [-0.3, -0.25) is 4.79 Å². The van der Waals surface area contributed by atoms with E-state index in [1.54, 1.807) is 29.0 Å². The number of fused-ring (bicyclic) bond motifs is 1. The summed E-state index contributed by atoms with van der Waals surface area (Å²) in [6, 6.07) is 13.4. The maximum absolute atomic E-state index is 13.3. The number of likely N-dealkylation sites (N-methyl/N-ethyl adjacent to an activating group) is 1. The molecule has 0 atom stereocenters. The molecule has 0 spiro atoms. The molecule has 1 aliphatic carbocycles. The van der Waals surface area contributed by atoms with E-state index in [0.717, 1.165) is 31.9 Å². The van der Waals surface area contributed by atoms with E-state index in [4.69, 9.17) is 9.97 Å². The topological polar surface area (TPSA) is 118 Å². The van der Waals surface area contributed by atoms with E-state index >= 15 is 0 Å². The Hall–Kier alpha value is -4.03. The van der Waals surface area contributed by atoms with Gasteiger partial charge in [0.25, 0.3) is 5.56 Å². The zero-order valence-corrected chi connectivity index (χ0v) is 23.4. The van der Waals surface area contributed by atoms with Gasteiger partial charge in [0, 0.05) is 50.0 Å². The van der Waals surface area contributed by atoms with E-state index in [1.807, 2.05) is 12.1 Å². The molecule has 0 bridgehead atoms. The first kappa shape index (κ1) is 26.2. The van der Waals surface area contributed by atoms with Crippen molar-refractivity contribution in [3.05, 3.63) is 77.4 Å². The summed E-state index contributed by atoms with van der Waals surface area (Å²) in [5.74, 6) is 0.734. The third-order valence-corrected chi connectivity index (χ3v) is 9.84. The lowest BCUT2D eigenvalue weighted by Crippen LogP contribution is -2.44. The number of piperazine rings is 1. The number of hydrogen-bond acceptors (Lipinski definition) is 9. The van der Waals surface area contributed by atoms with Crippen molar-refractivity contribution < 1.29 is 8.42 Å². The quantitative estimate of drug-likeness (QED) is 0.325. The van der Waals surface area contributed by atoms with Crippen LogP contribution in [0.3, 0.4) is 0 Å². The second-order valence-corrected chi connectivity index (χ2v) is 12.9.